The van der Waals surface area contributed by atoms with Gasteiger partial charge in [-0.3, -0.25) is 4.79 Å². The molecule has 33 heavy (non-hydrogen) atoms. The second kappa shape index (κ2) is 10.5. The minimum absolute atomic E-state index is 0.0360. The molecule has 0 heterocycles. The maximum absolute atomic E-state index is 12.9. The van der Waals surface area contributed by atoms with Crippen molar-refractivity contribution < 1.29 is 32.6 Å². The van der Waals surface area contributed by atoms with Crippen LogP contribution in [0.2, 0.25) is 0 Å². The number of benzene rings is 3. The Morgan fingerprint density at radius 3 is 2.55 bits per heavy atom. The van der Waals surface area contributed by atoms with Gasteiger partial charge in [0.15, 0.2) is 0 Å². The minimum Gasteiger partial charge on any atom is -0.497 e. The summed E-state index contributed by atoms with van der Waals surface area (Å²) < 4.78 is 39.1. The van der Waals surface area contributed by atoms with Gasteiger partial charge >= 0.3 is 5.97 Å². The lowest BCUT2D eigenvalue weighted by molar-refractivity contribution is -0.138. The molecular formula is C24H25NO7S. The molecule has 0 aliphatic rings. The van der Waals surface area contributed by atoms with Crippen molar-refractivity contribution in [1.82, 2.24) is 4.72 Å². The molecule has 9 heteroatoms. The van der Waals surface area contributed by atoms with Crippen LogP contribution in [0.4, 0.5) is 0 Å². The lowest BCUT2D eigenvalue weighted by Gasteiger charge is -2.19. The quantitative estimate of drug-likeness (QED) is 0.412. The average Bonchev–Trinajstić information content (AvgIpc) is 2.80. The van der Waals surface area contributed by atoms with Crippen molar-refractivity contribution in [2.45, 2.75) is 30.2 Å². The van der Waals surface area contributed by atoms with Crippen molar-refractivity contribution >= 4 is 33.1 Å². The first-order valence-electron chi connectivity index (χ1n) is 10.2. The van der Waals surface area contributed by atoms with E-state index in [4.69, 9.17) is 14.6 Å². The third-order valence-corrected chi connectivity index (χ3v) is 6.68. The predicted molar refractivity (Wildman–Crippen MR) is 123 cm³/mol. The first kappa shape index (κ1) is 24.2. The van der Waals surface area contributed by atoms with Crippen LogP contribution in [0.3, 0.4) is 0 Å². The molecule has 3 aromatic carbocycles. The zero-order valence-electron chi connectivity index (χ0n) is 18.2. The summed E-state index contributed by atoms with van der Waals surface area (Å²) in [5.41, 5.74) is 1.06. The number of nitrogens with one attached hydrogen (secondary N) is 1. The number of rotatable bonds is 11. The number of fused-ring (bicyclic) bond motifs is 1. The summed E-state index contributed by atoms with van der Waals surface area (Å²) in [4.78, 5) is 21.9. The van der Waals surface area contributed by atoms with Gasteiger partial charge in [0.05, 0.1) is 26.2 Å². The number of sulfonamides is 1. The van der Waals surface area contributed by atoms with E-state index in [1.54, 1.807) is 0 Å². The van der Waals surface area contributed by atoms with E-state index < -0.39 is 28.5 Å². The summed E-state index contributed by atoms with van der Waals surface area (Å²) in [5, 5.41) is 11.1. The average molecular weight is 472 g/mol. The molecule has 0 amide bonds. The Balaban J connectivity index is 1.88. The second-order valence-electron chi connectivity index (χ2n) is 7.55. The van der Waals surface area contributed by atoms with Crippen molar-refractivity contribution in [2.24, 2.45) is 0 Å². The third kappa shape index (κ3) is 5.88. The Morgan fingerprint density at radius 2 is 1.85 bits per heavy atom. The van der Waals surface area contributed by atoms with Gasteiger partial charge in [-0.1, -0.05) is 49.4 Å². The van der Waals surface area contributed by atoms with Gasteiger partial charge in [0.1, 0.15) is 22.7 Å². The van der Waals surface area contributed by atoms with Crippen molar-refractivity contribution in [2.75, 3.05) is 13.7 Å². The van der Waals surface area contributed by atoms with Gasteiger partial charge < -0.3 is 19.4 Å². The molecule has 0 aliphatic carbocycles. The standard InChI is InChI=1S/C24H25NO7S/c1-16(20-9-5-7-17-6-3-4-8-21(17)20)15-32-22-13-19(31-2)10-11-23(22)33(29,30)25-18(14-26)12-24(27)28/h3-11,13-14,16,18,25H,12,15H2,1-2H3,(H,27,28). The van der Waals surface area contributed by atoms with E-state index in [9.17, 15) is 18.0 Å². The zero-order valence-corrected chi connectivity index (χ0v) is 19.0. The van der Waals surface area contributed by atoms with Gasteiger partial charge in [-0.25, -0.2) is 13.1 Å². The molecule has 174 valence electrons. The Hall–Kier alpha value is -3.43. The van der Waals surface area contributed by atoms with Gasteiger partial charge in [-0.05, 0) is 28.5 Å². The predicted octanol–water partition coefficient (Wildman–Crippen LogP) is 3.35. The van der Waals surface area contributed by atoms with E-state index in [0.717, 1.165) is 16.3 Å². The first-order valence-corrected chi connectivity index (χ1v) is 11.7. The highest BCUT2D eigenvalue weighted by Crippen LogP contribution is 2.31. The summed E-state index contributed by atoms with van der Waals surface area (Å²) in [6.45, 7) is 2.15. The van der Waals surface area contributed by atoms with Gasteiger partial charge in [-0.15, -0.1) is 0 Å². The summed E-state index contributed by atoms with van der Waals surface area (Å²) in [7, 11) is -2.80. The molecule has 0 aromatic heterocycles. The topological polar surface area (TPSA) is 119 Å². The fourth-order valence-electron chi connectivity index (χ4n) is 3.50. The molecule has 2 atom stereocenters. The lowest BCUT2D eigenvalue weighted by atomic mass is 9.95. The molecule has 2 N–H and O–H groups in total. The Labute approximate surface area is 192 Å². The normalized spacial score (nSPS) is 13.3. The number of aliphatic carboxylic acids is 1. The van der Waals surface area contributed by atoms with Crippen LogP contribution >= 0.6 is 0 Å². The molecule has 3 rings (SSSR count). The maximum Gasteiger partial charge on any atom is 0.305 e. The molecule has 0 radical (unpaired) electrons. The van der Waals surface area contributed by atoms with Gasteiger partial charge in [-0.2, -0.15) is 0 Å². The summed E-state index contributed by atoms with van der Waals surface area (Å²) in [6, 6.07) is 16.7. The van der Waals surface area contributed by atoms with E-state index >= 15 is 0 Å². The SMILES string of the molecule is COc1ccc(S(=O)(=O)NC(C=O)CC(=O)O)c(OCC(C)c2cccc3ccccc23)c1. The molecule has 0 fully saturated rings. The minimum atomic E-state index is -4.25. The number of carbonyl (C=O) groups excluding carboxylic acids is 1. The van der Waals surface area contributed by atoms with E-state index in [2.05, 4.69) is 4.72 Å². The zero-order chi connectivity index (χ0) is 24.0. The van der Waals surface area contributed by atoms with Crippen LogP contribution in [0, 0.1) is 0 Å². The molecule has 0 bridgehead atoms. The van der Waals surface area contributed by atoms with Crippen molar-refractivity contribution in [3.63, 3.8) is 0 Å². The number of carbonyl (C=O) groups is 2. The van der Waals surface area contributed by atoms with E-state index in [1.165, 1.54) is 25.3 Å². The fourth-order valence-corrected chi connectivity index (χ4v) is 4.80. The lowest BCUT2D eigenvalue weighted by Crippen LogP contribution is -2.37. The number of carboxylic acids is 1. The second-order valence-corrected chi connectivity index (χ2v) is 9.24. The van der Waals surface area contributed by atoms with E-state index in [-0.39, 0.29) is 29.5 Å². The molecule has 8 nitrogen and oxygen atoms in total. The number of hydrogen-bond acceptors (Lipinski definition) is 6. The first-order chi connectivity index (χ1) is 15.7. The highest BCUT2D eigenvalue weighted by molar-refractivity contribution is 7.89. The largest absolute Gasteiger partial charge is 0.497 e. The van der Waals surface area contributed by atoms with Gasteiger partial charge in [0.25, 0.3) is 0 Å². The molecule has 2 unspecified atom stereocenters. The summed E-state index contributed by atoms with van der Waals surface area (Å²) >= 11 is 0. The van der Waals surface area contributed by atoms with Crippen LogP contribution in [-0.2, 0) is 19.6 Å². The van der Waals surface area contributed by atoms with Crippen LogP contribution in [0.5, 0.6) is 11.5 Å². The number of hydrogen-bond donors (Lipinski definition) is 2. The van der Waals surface area contributed by atoms with Crippen LogP contribution in [0.15, 0.2) is 65.6 Å². The third-order valence-electron chi connectivity index (χ3n) is 5.15. The smallest absolute Gasteiger partial charge is 0.305 e. The molecule has 0 saturated carbocycles. The van der Waals surface area contributed by atoms with Crippen molar-refractivity contribution in [3.8, 4) is 11.5 Å². The highest BCUT2D eigenvalue weighted by atomic mass is 32.2. The Morgan fingerprint density at radius 1 is 1.12 bits per heavy atom. The Kier molecular flexibility index (Phi) is 7.67. The molecule has 0 aliphatic heterocycles. The number of methoxy groups -OCH3 is 1. The molecular weight excluding hydrogens is 446 g/mol. The van der Waals surface area contributed by atoms with E-state index in [1.807, 2.05) is 49.4 Å². The summed E-state index contributed by atoms with van der Waals surface area (Å²) in [5.74, 6) is -0.946. The maximum atomic E-state index is 12.9. The number of aldehydes is 1. The van der Waals surface area contributed by atoms with Crippen LogP contribution in [-0.4, -0.2) is 45.5 Å². The molecule has 0 saturated heterocycles. The number of ether oxygens (including phenoxy) is 2. The fraction of sp³-hybridized carbons (Fsp3) is 0.250. The van der Waals surface area contributed by atoms with Crippen molar-refractivity contribution in [1.29, 1.82) is 0 Å². The highest BCUT2D eigenvalue weighted by Gasteiger charge is 2.26. The van der Waals surface area contributed by atoms with Gasteiger partial charge in [0.2, 0.25) is 10.0 Å². The van der Waals surface area contributed by atoms with E-state index in [0.29, 0.717) is 5.75 Å². The van der Waals surface area contributed by atoms with Crippen LogP contribution in [0.25, 0.3) is 10.8 Å². The number of carboxylic acid groups (broad SMARTS) is 1. The monoisotopic (exact) mass is 471 g/mol. The molecule has 3 aromatic rings. The molecule has 0 spiro atoms. The van der Waals surface area contributed by atoms with Crippen molar-refractivity contribution in [3.05, 3.63) is 66.2 Å². The van der Waals surface area contributed by atoms with Crippen LogP contribution in [0.1, 0.15) is 24.8 Å². The summed E-state index contributed by atoms with van der Waals surface area (Å²) in [6.07, 6.45) is -0.425. The van der Waals surface area contributed by atoms with Crippen LogP contribution < -0.4 is 14.2 Å². The Bertz CT molecular complexity index is 1250. The van der Waals surface area contributed by atoms with Gasteiger partial charge in [0, 0.05) is 12.0 Å².